The van der Waals surface area contributed by atoms with Gasteiger partial charge in [-0.15, -0.1) is 11.3 Å². The zero-order chi connectivity index (χ0) is 11.1. The Kier molecular flexibility index (Phi) is 6.25. The summed E-state index contributed by atoms with van der Waals surface area (Å²) in [7, 11) is 1.72. The summed E-state index contributed by atoms with van der Waals surface area (Å²) in [6.45, 7) is 3.89. The molecule has 1 heterocycles. The molecule has 1 aromatic rings. The second-order valence-corrected chi connectivity index (χ2v) is 5.39. The number of nitrogens with one attached hydrogen (secondary N) is 1. The van der Waals surface area contributed by atoms with Crippen LogP contribution in [0.4, 0.5) is 0 Å². The standard InChI is InChI=1S/C11H18ClNOS/c1-9(13-7-8-14-2)3-4-10-5-6-11(12)15-10/h5-6,9,13H,3-4,7-8H2,1-2H3. The van der Waals surface area contributed by atoms with Crippen LogP contribution < -0.4 is 5.32 Å². The van der Waals surface area contributed by atoms with Gasteiger partial charge < -0.3 is 10.1 Å². The molecule has 86 valence electrons. The van der Waals surface area contributed by atoms with Crippen molar-refractivity contribution in [3.05, 3.63) is 21.3 Å². The Morgan fingerprint density at radius 1 is 1.53 bits per heavy atom. The average molecular weight is 248 g/mol. The van der Waals surface area contributed by atoms with Gasteiger partial charge in [0.15, 0.2) is 0 Å². The Bertz CT molecular complexity index is 277. The average Bonchev–Trinajstić information content (AvgIpc) is 2.62. The van der Waals surface area contributed by atoms with E-state index in [2.05, 4.69) is 18.3 Å². The fraction of sp³-hybridized carbons (Fsp3) is 0.636. The lowest BCUT2D eigenvalue weighted by molar-refractivity contribution is 0.196. The van der Waals surface area contributed by atoms with Gasteiger partial charge in [0.05, 0.1) is 10.9 Å². The molecule has 0 saturated carbocycles. The predicted octanol–water partition coefficient (Wildman–Crippen LogP) is 2.96. The Morgan fingerprint density at radius 2 is 2.33 bits per heavy atom. The number of methoxy groups -OCH3 is 1. The summed E-state index contributed by atoms with van der Waals surface area (Å²) in [6.07, 6.45) is 2.24. The number of rotatable bonds is 7. The quantitative estimate of drug-likeness (QED) is 0.748. The Morgan fingerprint density at radius 3 is 2.93 bits per heavy atom. The van der Waals surface area contributed by atoms with Crippen LogP contribution in [0.2, 0.25) is 4.34 Å². The summed E-state index contributed by atoms with van der Waals surface area (Å²) >= 11 is 7.54. The number of aryl methyl sites for hydroxylation is 1. The van der Waals surface area contributed by atoms with E-state index < -0.39 is 0 Å². The minimum Gasteiger partial charge on any atom is -0.383 e. The highest BCUT2D eigenvalue weighted by Gasteiger charge is 2.03. The van der Waals surface area contributed by atoms with E-state index in [0.29, 0.717) is 6.04 Å². The zero-order valence-corrected chi connectivity index (χ0v) is 10.8. The van der Waals surface area contributed by atoms with Gasteiger partial charge in [-0.1, -0.05) is 11.6 Å². The molecule has 0 fully saturated rings. The van der Waals surface area contributed by atoms with E-state index in [0.717, 1.165) is 30.3 Å². The molecule has 1 aromatic heterocycles. The van der Waals surface area contributed by atoms with Crippen LogP contribution in [-0.4, -0.2) is 26.3 Å². The predicted molar refractivity (Wildman–Crippen MR) is 67.0 cm³/mol. The molecule has 0 aliphatic carbocycles. The van der Waals surface area contributed by atoms with E-state index in [9.17, 15) is 0 Å². The number of thiophene rings is 1. The van der Waals surface area contributed by atoms with E-state index in [1.165, 1.54) is 4.88 Å². The van der Waals surface area contributed by atoms with Crippen LogP contribution in [0.15, 0.2) is 12.1 Å². The molecule has 0 aliphatic rings. The van der Waals surface area contributed by atoms with Gasteiger partial charge in [0, 0.05) is 24.6 Å². The number of ether oxygens (including phenoxy) is 1. The van der Waals surface area contributed by atoms with Crippen LogP contribution in [0, 0.1) is 0 Å². The van der Waals surface area contributed by atoms with Crippen molar-refractivity contribution < 1.29 is 4.74 Å². The van der Waals surface area contributed by atoms with Gasteiger partial charge in [-0.3, -0.25) is 0 Å². The van der Waals surface area contributed by atoms with E-state index in [1.54, 1.807) is 18.4 Å². The Hall–Kier alpha value is -0.0900. The lowest BCUT2D eigenvalue weighted by Gasteiger charge is -2.12. The molecule has 0 spiro atoms. The van der Waals surface area contributed by atoms with Crippen LogP contribution in [0.5, 0.6) is 0 Å². The van der Waals surface area contributed by atoms with Gasteiger partial charge in [-0.05, 0) is 31.9 Å². The summed E-state index contributed by atoms with van der Waals surface area (Å²) < 4.78 is 5.86. The van der Waals surface area contributed by atoms with Crippen molar-refractivity contribution in [2.45, 2.75) is 25.8 Å². The van der Waals surface area contributed by atoms with E-state index in [4.69, 9.17) is 16.3 Å². The minimum absolute atomic E-state index is 0.529. The number of hydrogen-bond donors (Lipinski definition) is 1. The monoisotopic (exact) mass is 247 g/mol. The van der Waals surface area contributed by atoms with Crippen LogP contribution in [0.25, 0.3) is 0 Å². The molecule has 1 atom stereocenters. The molecule has 0 amide bonds. The van der Waals surface area contributed by atoms with E-state index in [-0.39, 0.29) is 0 Å². The molecule has 1 rings (SSSR count). The summed E-state index contributed by atoms with van der Waals surface area (Å²) in [5.41, 5.74) is 0. The third kappa shape index (κ3) is 5.52. The summed E-state index contributed by atoms with van der Waals surface area (Å²) in [5, 5.41) is 3.41. The van der Waals surface area contributed by atoms with Crippen LogP contribution in [0.1, 0.15) is 18.2 Å². The van der Waals surface area contributed by atoms with Crippen molar-refractivity contribution >= 4 is 22.9 Å². The second kappa shape index (κ2) is 7.23. The van der Waals surface area contributed by atoms with Crippen molar-refractivity contribution in [1.82, 2.24) is 5.32 Å². The van der Waals surface area contributed by atoms with Gasteiger partial charge in [0.25, 0.3) is 0 Å². The molecule has 4 heteroatoms. The topological polar surface area (TPSA) is 21.3 Å². The normalized spacial score (nSPS) is 13.0. The van der Waals surface area contributed by atoms with Gasteiger partial charge >= 0.3 is 0 Å². The molecule has 1 N–H and O–H groups in total. The van der Waals surface area contributed by atoms with E-state index in [1.807, 2.05) is 6.07 Å². The van der Waals surface area contributed by atoms with Crippen molar-refractivity contribution in [2.75, 3.05) is 20.3 Å². The molecule has 0 radical (unpaired) electrons. The van der Waals surface area contributed by atoms with E-state index >= 15 is 0 Å². The van der Waals surface area contributed by atoms with Gasteiger partial charge in [0.1, 0.15) is 0 Å². The summed E-state index contributed by atoms with van der Waals surface area (Å²) in [5.74, 6) is 0. The molecule has 1 unspecified atom stereocenters. The van der Waals surface area contributed by atoms with Crippen molar-refractivity contribution in [1.29, 1.82) is 0 Å². The van der Waals surface area contributed by atoms with Crippen LogP contribution in [0.3, 0.4) is 0 Å². The minimum atomic E-state index is 0.529. The molecule has 0 aliphatic heterocycles. The Labute approximate surface area is 101 Å². The van der Waals surface area contributed by atoms with Crippen molar-refractivity contribution in [3.63, 3.8) is 0 Å². The number of hydrogen-bond acceptors (Lipinski definition) is 3. The molecule has 2 nitrogen and oxygen atoms in total. The first-order valence-corrected chi connectivity index (χ1v) is 6.38. The van der Waals surface area contributed by atoms with Crippen LogP contribution >= 0.6 is 22.9 Å². The van der Waals surface area contributed by atoms with Gasteiger partial charge in [-0.25, -0.2) is 0 Å². The maximum Gasteiger partial charge on any atom is 0.0931 e. The molecular weight excluding hydrogens is 230 g/mol. The smallest absolute Gasteiger partial charge is 0.0931 e. The maximum absolute atomic E-state index is 5.86. The molecule has 0 bridgehead atoms. The highest BCUT2D eigenvalue weighted by molar-refractivity contribution is 7.16. The summed E-state index contributed by atoms with van der Waals surface area (Å²) in [4.78, 5) is 1.36. The molecular formula is C11H18ClNOS. The Balaban J connectivity index is 2.13. The zero-order valence-electron chi connectivity index (χ0n) is 9.25. The second-order valence-electron chi connectivity index (χ2n) is 3.59. The van der Waals surface area contributed by atoms with Crippen molar-refractivity contribution in [3.8, 4) is 0 Å². The largest absolute Gasteiger partial charge is 0.383 e. The van der Waals surface area contributed by atoms with Gasteiger partial charge in [-0.2, -0.15) is 0 Å². The van der Waals surface area contributed by atoms with Crippen LogP contribution in [-0.2, 0) is 11.2 Å². The summed E-state index contributed by atoms with van der Waals surface area (Å²) in [6, 6.07) is 4.60. The lowest BCUT2D eigenvalue weighted by Crippen LogP contribution is -2.29. The molecule has 15 heavy (non-hydrogen) atoms. The lowest BCUT2D eigenvalue weighted by atomic mass is 10.1. The fourth-order valence-electron chi connectivity index (χ4n) is 1.35. The van der Waals surface area contributed by atoms with Crippen molar-refractivity contribution in [2.24, 2.45) is 0 Å². The third-order valence-electron chi connectivity index (χ3n) is 2.25. The van der Waals surface area contributed by atoms with Gasteiger partial charge in [0.2, 0.25) is 0 Å². The third-order valence-corrected chi connectivity index (χ3v) is 3.54. The highest BCUT2D eigenvalue weighted by Crippen LogP contribution is 2.22. The highest BCUT2D eigenvalue weighted by atomic mass is 35.5. The first-order chi connectivity index (χ1) is 7.22. The molecule has 0 aromatic carbocycles. The fourth-order valence-corrected chi connectivity index (χ4v) is 2.46. The first kappa shape index (κ1) is 13.0. The maximum atomic E-state index is 5.86. The SMILES string of the molecule is COCCNC(C)CCc1ccc(Cl)s1. The molecule has 0 saturated heterocycles. The number of halogens is 1. The first-order valence-electron chi connectivity index (χ1n) is 5.19.